The smallest absolute Gasteiger partial charge is 0.410 e. The van der Waals surface area contributed by atoms with Gasteiger partial charge in [0, 0.05) is 24.0 Å². The first-order chi connectivity index (χ1) is 24.6. The van der Waals surface area contributed by atoms with Crippen LogP contribution in [-0.2, 0) is 16.1 Å². The van der Waals surface area contributed by atoms with Gasteiger partial charge >= 0.3 is 12.2 Å². The van der Waals surface area contributed by atoms with E-state index in [1.54, 1.807) is 4.90 Å². The normalized spacial score (nSPS) is 21.7. The van der Waals surface area contributed by atoms with Gasteiger partial charge in [-0.2, -0.15) is 0 Å². The highest BCUT2D eigenvalue weighted by Gasteiger charge is 2.40. The van der Waals surface area contributed by atoms with Gasteiger partial charge in [0.25, 0.3) is 0 Å². The molecule has 3 aliphatic rings. The second-order valence-electron chi connectivity index (χ2n) is 17.0. The molecule has 0 bridgehead atoms. The van der Waals surface area contributed by atoms with E-state index in [2.05, 4.69) is 60.2 Å². The van der Waals surface area contributed by atoms with E-state index in [4.69, 9.17) is 24.2 Å². The first-order valence-corrected chi connectivity index (χ1v) is 18.4. The fraction of sp³-hybridized carbons (Fsp3) is 0.463. The number of aromatic amines is 2. The van der Waals surface area contributed by atoms with Crippen molar-refractivity contribution in [3.05, 3.63) is 65.9 Å². The molecule has 0 aliphatic carbocycles. The standard InChI is InChI=1S/C41H48N6O5/c1-22-13-32(46(19-22)38(48)51-40(3,4)5)36-42-18-31(44-36)25-9-11-27-26(15-25)21-50-34-17-28-24(16-29(27)34)10-12-30-35(28)45-37(43-30)33-14-23(2)20-47(33)39(49)52-41(6,7)8/h9-12,15-18,22-23,32-33H,13-14,19-21H2,1-8H3,(H,42,44)(H,43,45)/t22-,23-,32-,33-/m0/s1. The van der Waals surface area contributed by atoms with Crippen molar-refractivity contribution < 1.29 is 23.8 Å². The van der Waals surface area contributed by atoms with Crippen molar-refractivity contribution in [2.24, 2.45) is 11.8 Å². The van der Waals surface area contributed by atoms with E-state index in [1.807, 2.05) is 58.7 Å². The second kappa shape index (κ2) is 12.3. The number of rotatable bonds is 3. The maximum atomic E-state index is 13.1. The van der Waals surface area contributed by atoms with Gasteiger partial charge in [0.15, 0.2) is 0 Å². The van der Waals surface area contributed by atoms with Crippen LogP contribution in [0.5, 0.6) is 5.75 Å². The van der Waals surface area contributed by atoms with Gasteiger partial charge in [0.1, 0.15) is 35.2 Å². The summed E-state index contributed by atoms with van der Waals surface area (Å²) < 4.78 is 17.9. The molecule has 3 aliphatic heterocycles. The van der Waals surface area contributed by atoms with Crippen molar-refractivity contribution in [3.8, 4) is 28.1 Å². The third-order valence-electron chi connectivity index (χ3n) is 10.2. The van der Waals surface area contributed by atoms with Gasteiger partial charge in [-0.1, -0.05) is 32.0 Å². The Morgan fingerprint density at radius 2 is 1.46 bits per heavy atom. The Morgan fingerprint density at radius 3 is 2.12 bits per heavy atom. The SMILES string of the molecule is C[C@H]1C[C@@H](c2ncc(-c3ccc4c(c3)COc3cc5c(ccc6nc([C@@H]7C[C@H](C)CN7C(=O)OC(C)(C)C)[nH]c65)cc3-4)[nH]2)N(C(=O)OC(C)(C)C)C1. The van der Waals surface area contributed by atoms with Crippen molar-refractivity contribution >= 4 is 34.0 Å². The number of ether oxygens (including phenoxy) is 3. The van der Waals surface area contributed by atoms with E-state index in [1.165, 1.54) is 0 Å². The van der Waals surface area contributed by atoms with Crippen LogP contribution in [0, 0.1) is 11.8 Å². The predicted octanol–water partition coefficient (Wildman–Crippen LogP) is 9.30. The summed E-state index contributed by atoms with van der Waals surface area (Å²) in [4.78, 5) is 46.6. The maximum Gasteiger partial charge on any atom is 0.410 e. The number of imidazole rings is 2. The highest BCUT2D eigenvalue weighted by Crippen LogP contribution is 2.44. The summed E-state index contributed by atoms with van der Waals surface area (Å²) in [5.74, 6) is 3.05. The number of hydrogen-bond acceptors (Lipinski definition) is 7. The zero-order valence-electron chi connectivity index (χ0n) is 31.3. The monoisotopic (exact) mass is 704 g/mol. The van der Waals surface area contributed by atoms with E-state index in [0.29, 0.717) is 31.5 Å². The number of benzene rings is 3. The number of likely N-dealkylation sites (tertiary alicyclic amines) is 2. The molecule has 0 saturated carbocycles. The third kappa shape index (κ3) is 6.34. The summed E-state index contributed by atoms with van der Waals surface area (Å²) in [5, 5.41) is 2.10. The molecule has 2 saturated heterocycles. The minimum atomic E-state index is -0.569. The van der Waals surface area contributed by atoms with Crippen molar-refractivity contribution in [2.75, 3.05) is 13.1 Å². The average Bonchev–Trinajstić information content (AvgIpc) is 3.87. The fourth-order valence-corrected chi connectivity index (χ4v) is 7.95. The van der Waals surface area contributed by atoms with E-state index < -0.39 is 11.2 Å². The maximum absolute atomic E-state index is 13.1. The molecule has 8 rings (SSSR count). The molecule has 4 atom stereocenters. The van der Waals surface area contributed by atoms with Crippen molar-refractivity contribution in [3.63, 3.8) is 0 Å². The third-order valence-corrected chi connectivity index (χ3v) is 10.2. The lowest BCUT2D eigenvalue weighted by molar-refractivity contribution is 0.0204. The molecule has 0 spiro atoms. The molecular formula is C41H48N6O5. The van der Waals surface area contributed by atoms with Gasteiger partial charge in [0.2, 0.25) is 0 Å². The van der Waals surface area contributed by atoms with Crippen molar-refractivity contribution in [1.82, 2.24) is 29.7 Å². The molecule has 52 heavy (non-hydrogen) atoms. The molecule has 5 heterocycles. The van der Waals surface area contributed by atoms with Crippen LogP contribution < -0.4 is 4.74 Å². The zero-order valence-corrected chi connectivity index (χ0v) is 31.3. The van der Waals surface area contributed by atoms with Crippen molar-refractivity contribution in [1.29, 1.82) is 0 Å². The fourth-order valence-electron chi connectivity index (χ4n) is 7.95. The number of nitrogens with one attached hydrogen (secondary N) is 2. The lowest BCUT2D eigenvalue weighted by atomic mass is 9.92. The molecule has 272 valence electrons. The number of nitrogens with zero attached hydrogens (tertiary/aromatic N) is 4. The molecule has 0 unspecified atom stereocenters. The van der Waals surface area contributed by atoms with E-state index in [9.17, 15) is 9.59 Å². The lowest BCUT2D eigenvalue weighted by Crippen LogP contribution is -2.37. The summed E-state index contributed by atoms with van der Waals surface area (Å²) in [6.45, 7) is 17.4. The summed E-state index contributed by atoms with van der Waals surface area (Å²) >= 11 is 0. The summed E-state index contributed by atoms with van der Waals surface area (Å²) in [6, 6.07) is 14.5. The van der Waals surface area contributed by atoms with E-state index >= 15 is 0 Å². The lowest BCUT2D eigenvalue weighted by Gasteiger charge is -2.27. The minimum absolute atomic E-state index is 0.164. The number of amides is 2. The van der Waals surface area contributed by atoms with Crippen LogP contribution in [0.15, 0.2) is 48.7 Å². The van der Waals surface area contributed by atoms with Gasteiger partial charge in [-0.25, -0.2) is 19.6 Å². The molecule has 11 heteroatoms. The van der Waals surface area contributed by atoms with Crippen LogP contribution in [0.2, 0.25) is 0 Å². The molecule has 11 nitrogen and oxygen atoms in total. The van der Waals surface area contributed by atoms with Crippen LogP contribution in [0.1, 0.15) is 97.5 Å². The molecule has 5 aromatic rings. The summed E-state index contributed by atoms with van der Waals surface area (Å²) in [5.41, 5.74) is 5.82. The van der Waals surface area contributed by atoms with Crippen LogP contribution >= 0.6 is 0 Å². The second-order valence-corrected chi connectivity index (χ2v) is 17.0. The van der Waals surface area contributed by atoms with Gasteiger partial charge in [-0.3, -0.25) is 9.80 Å². The van der Waals surface area contributed by atoms with Crippen LogP contribution in [0.25, 0.3) is 44.2 Å². The van der Waals surface area contributed by atoms with E-state index in [0.717, 1.165) is 80.0 Å². The Balaban J connectivity index is 1.06. The van der Waals surface area contributed by atoms with Crippen LogP contribution in [-0.4, -0.2) is 66.2 Å². The summed E-state index contributed by atoms with van der Waals surface area (Å²) in [6.07, 6.45) is 2.88. The average molecular weight is 705 g/mol. The minimum Gasteiger partial charge on any atom is -0.488 e. The Morgan fingerprint density at radius 1 is 0.808 bits per heavy atom. The van der Waals surface area contributed by atoms with Crippen LogP contribution in [0.4, 0.5) is 9.59 Å². The molecule has 2 fully saturated rings. The Labute approximate surface area is 304 Å². The van der Waals surface area contributed by atoms with Gasteiger partial charge in [0.05, 0.1) is 35.0 Å². The van der Waals surface area contributed by atoms with Crippen LogP contribution in [0.3, 0.4) is 0 Å². The molecular weight excluding hydrogens is 656 g/mol. The van der Waals surface area contributed by atoms with Gasteiger partial charge < -0.3 is 24.2 Å². The Hall–Kier alpha value is -5.06. The van der Waals surface area contributed by atoms with Gasteiger partial charge in [-0.05, 0) is 113 Å². The predicted molar refractivity (Wildman–Crippen MR) is 200 cm³/mol. The Bertz CT molecular complexity index is 2210. The highest BCUT2D eigenvalue weighted by atomic mass is 16.6. The largest absolute Gasteiger partial charge is 0.488 e. The van der Waals surface area contributed by atoms with E-state index in [-0.39, 0.29) is 24.3 Å². The quantitative estimate of drug-likeness (QED) is 0.192. The first kappa shape index (κ1) is 34.0. The summed E-state index contributed by atoms with van der Waals surface area (Å²) in [7, 11) is 0. The molecule has 3 aromatic carbocycles. The first-order valence-electron chi connectivity index (χ1n) is 18.4. The highest BCUT2D eigenvalue weighted by molar-refractivity contribution is 6.07. The number of fused-ring (bicyclic) bond motifs is 6. The Kier molecular flexibility index (Phi) is 8.04. The number of carbonyl (C=O) groups is 2. The molecule has 2 N–H and O–H groups in total. The van der Waals surface area contributed by atoms with Crippen molar-refractivity contribution in [2.45, 2.75) is 98.1 Å². The molecule has 2 amide bonds. The number of H-pyrrole nitrogens is 2. The zero-order chi connectivity index (χ0) is 36.7. The number of hydrogen-bond donors (Lipinski definition) is 2. The molecule has 2 aromatic heterocycles. The van der Waals surface area contributed by atoms with Gasteiger partial charge in [-0.15, -0.1) is 0 Å². The molecule has 0 radical (unpaired) electrons. The topological polar surface area (TPSA) is 126 Å². The number of carbonyl (C=O) groups excluding carboxylic acids is 2. The number of aromatic nitrogens is 4.